The van der Waals surface area contributed by atoms with Crippen LogP contribution in [0.3, 0.4) is 0 Å². The molecule has 0 aliphatic carbocycles. The number of hydrogen-bond donors (Lipinski definition) is 0. The Balaban J connectivity index is 1.49. The van der Waals surface area contributed by atoms with Gasteiger partial charge in [0, 0.05) is 25.5 Å². The summed E-state index contributed by atoms with van der Waals surface area (Å²) < 4.78 is 20.7. The van der Waals surface area contributed by atoms with Gasteiger partial charge in [-0.25, -0.2) is 4.39 Å². The quantitative estimate of drug-likeness (QED) is 0.852. The molecule has 0 unspecified atom stereocenters. The first-order valence-electron chi connectivity index (χ1n) is 7.88. The minimum absolute atomic E-state index is 0.0400. The maximum Gasteiger partial charge on any atom is 0.226 e. The number of aromatic nitrogens is 2. The molecule has 1 aliphatic rings. The number of rotatable bonds is 5. The van der Waals surface area contributed by atoms with Crippen molar-refractivity contribution in [3.05, 3.63) is 48.5 Å². The molecule has 1 aromatic heterocycles. The predicted molar refractivity (Wildman–Crippen MR) is 83.6 cm³/mol. The molecule has 1 aliphatic heterocycles. The highest BCUT2D eigenvalue weighted by atomic mass is 19.1. The van der Waals surface area contributed by atoms with E-state index in [0.717, 1.165) is 19.4 Å². The summed E-state index contributed by atoms with van der Waals surface area (Å²) in [5.74, 6) is -0.178. The molecule has 5 nitrogen and oxygen atoms in total. The number of amides is 1. The number of carbonyl (C=O) groups excluding carboxylic acids is 1. The molecular formula is C17H20FN3O2. The van der Waals surface area contributed by atoms with Gasteiger partial charge < -0.3 is 9.64 Å². The van der Waals surface area contributed by atoms with Crippen LogP contribution in [0.1, 0.15) is 25.3 Å². The molecule has 1 amide bonds. The first-order valence-corrected chi connectivity index (χ1v) is 7.88. The van der Waals surface area contributed by atoms with E-state index in [-0.39, 0.29) is 30.7 Å². The van der Waals surface area contributed by atoms with Crippen molar-refractivity contribution in [2.24, 2.45) is 0 Å². The van der Waals surface area contributed by atoms with E-state index in [1.807, 2.05) is 21.8 Å². The van der Waals surface area contributed by atoms with Gasteiger partial charge in [0.15, 0.2) is 11.6 Å². The van der Waals surface area contributed by atoms with E-state index in [9.17, 15) is 9.18 Å². The van der Waals surface area contributed by atoms with Crippen molar-refractivity contribution in [1.29, 1.82) is 0 Å². The number of benzene rings is 1. The Morgan fingerprint density at radius 1 is 1.35 bits per heavy atom. The third-order valence-corrected chi connectivity index (χ3v) is 4.06. The summed E-state index contributed by atoms with van der Waals surface area (Å²) in [5, 5.41) is 4.26. The standard InChI is InChI=1S/C17H20FN3O2/c18-15-6-1-2-7-16(15)23-12-8-17(22)20-10-3-5-14(13-20)21-11-4-9-19-21/h1-2,4,6-7,9,11,14H,3,5,8,10,12-13H2/t14-/m0/s1. The molecule has 2 aromatic rings. The highest BCUT2D eigenvalue weighted by molar-refractivity contribution is 5.76. The lowest BCUT2D eigenvalue weighted by Crippen LogP contribution is -2.41. The zero-order chi connectivity index (χ0) is 16.1. The van der Waals surface area contributed by atoms with Crippen LogP contribution < -0.4 is 4.74 Å². The minimum atomic E-state index is -0.406. The largest absolute Gasteiger partial charge is 0.490 e. The molecule has 2 heterocycles. The maximum atomic E-state index is 13.4. The van der Waals surface area contributed by atoms with Crippen molar-refractivity contribution in [3.8, 4) is 5.75 Å². The SMILES string of the molecule is O=C(CCOc1ccccc1F)N1CCC[C@H](n2cccn2)C1. The second-order valence-electron chi connectivity index (χ2n) is 5.65. The Morgan fingerprint density at radius 2 is 2.22 bits per heavy atom. The van der Waals surface area contributed by atoms with Crippen molar-refractivity contribution in [2.75, 3.05) is 19.7 Å². The van der Waals surface area contributed by atoms with Crippen molar-refractivity contribution in [1.82, 2.24) is 14.7 Å². The molecule has 0 N–H and O–H groups in total. The molecule has 6 heteroatoms. The zero-order valence-corrected chi connectivity index (χ0v) is 12.9. The third kappa shape index (κ3) is 3.88. The van der Waals surface area contributed by atoms with Crippen LogP contribution in [0.2, 0.25) is 0 Å². The summed E-state index contributed by atoms with van der Waals surface area (Å²) in [6.07, 6.45) is 5.92. The molecule has 1 saturated heterocycles. The second kappa shape index (κ2) is 7.26. The lowest BCUT2D eigenvalue weighted by atomic mass is 10.1. The van der Waals surface area contributed by atoms with E-state index in [4.69, 9.17) is 4.74 Å². The van der Waals surface area contributed by atoms with Crippen molar-refractivity contribution in [3.63, 3.8) is 0 Å². The van der Waals surface area contributed by atoms with Gasteiger partial charge in [0.25, 0.3) is 0 Å². The molecule has 0 saturated carbocycles. The summed E-state index contributed by atoms with van der Waals surface area (Å²) in [7, 11) is 0. The van der Waals surface area contributed by atoms with Crippen LogP contribution in [0.5, 0.6) is 5.75 Å². The number of hydrogen-bond acceptors (Lipinski definition) is 3. The summed E-state index contributed by atoms with van der Waals surface area (Å²) in [6, 6.07) is 8.35. The first kappa shape index (κ1) is 15.5. The lowest BCUT2D eigenvalue weighted by Gasteiger charge is -2.33. The smallest absolute Gasteiger partial charge is 0.226 e. The lowest BCUT2D eigenvalue weighted by molar-refractivity contribution is -0.133. The molecule has 122 valence electrons. The third-order valence-electron chi connectivity index (χ3n) is 4.06. The van der Waals surface area contributed by atoms with Gasteiger partial charge in [-0.3, -0.25) is 9.48 Å². The van der Waals surface area contributed by atoms with E-state index in [1.54, 1.807) is 24.4 Å². The highest BCUT2D eigenvalue weighted by Crippen LogP contribution is 2.21. The molecule has 0 spiro atoms. The van der Waals surface area contributed by atoms with Crippen LogP contribution in [-0.2, 0) is 4.79 Å². The summed E-state index contributed by atoms with van der Waals surface area (Å²) in [4.78, 5) is 14.2. The number of para-hydroxylation sites is 1. The Labute approximate surface area is 134 Å². The Morgan fingerprint density at radius 3 is 3.00 bits per heavy atom. The Kier molecular flexibility index (Phi) is 4.90. The molecule has 23 heavy (non-hydrogen) atoms. The molecule has 0 bridgehead atoms. The van der Waals surface area contributed by atoms with Crippen molar-refractivity contribution >= 4 is 5.91 Å². The van der Waals surface area contributed by atoms with Gasteiger partial charge in [-0.1, -0.05) is 12.1 Å². The summed E-state index contributed by atoms with van der Waals surface area (Å²) in [5.41, 5.74) is 0. The van der Waals surface area contributed by atoms with E-state index in [1.165, 1.54) is 6.07 Å². The van der Waals surface area contributed by atoms with Gasteiger partial charge in [-0.05, 0) is 31.0 Å². The molecular weight excluding hydrogens is 297 g/mol. The summed E-state index contributed by atoms with van der Waals surface area (Å²) in [6.45, 7) is 1.61. The van der Waals surface area contributed by atoms with Gasteiger partial charge in [0.1, 0.15) is 0 Å². The number of nitrogens with zero attached hydrogens (tertiary/aromatic N) is 3. The van der Waals surface area contributed by atoms with Gasteiger partial charge in [-0.2, -0.15) is 5.10 Å². The number of halogens is 1. The van der Waals surface area contributed by atoms with Gasteiger partial charge in [0.05, 0.1) is 19.1 Å². The number of carbonyl (C=O) groups is 1. The van der Waals surface area contributed by atoms with E-state index >= 15 is 0 Å². The molecule has 0 radical (unpaired) electrons. The van der Waals surface area contributed by atoms with E-state index in [0.29, 0.717) is 6.54 Å². The van der Waals surface area contributed by atoms with Crippen LogP contribution >= 0.6 is 0 Å². The normalized spacial score (nSPS) is 18.0. The highest BCUT2D eigenvalue weighted by Gasteiger charge is 2.24. The van der Waals surface area contributed by atoms with Crippen molar-refractivity contribution < 1.29 is 13.9 Å². The number of likely N-dealkylation sites (tertiary alicyclic amines) is 1. The fourth-order valence-corrected chi connectivity index (χ4v) is 2.86. The first-order chi connectivity index (χ1) is 11.2. The number of piperidine rings is 1. The molecule has 1 aromatic carbocycles. The van der Waals surface area contributed by atoms with Crippen LogP contribution in [0.15, 0.2) is 42.7 Å². The Hall–Kier alpha value is -2.37. The fourth-order valence-electron chi connectivity index (χ4n) is 2.86. The van der Waals surface area contributed by atoms with Crippen LogP contribution in [-0.4, -0.2) is 40.3 Å². The van der Waals surface area contributed by atoms with Crippen LogP contribution in [0.4, 0.5) is 4.39 Å². The van der Waals surface area contributed by atoms with Gasteiger partial charge in [-0.15, -0.1) is 0 Å². The topological polar surface area (TPSA) is 47.4 Å². The average molecular weight is 317 g/mol. The van der Waals surface area contributed by atoms with E-state index < -0.39 is 5.82 Å². The fraction of sp³-hybridized carbons (Fsp3) is 0.412. The molecule has 3 rings (SSSR count). The van der Waals surface area contributed by atoms with Crippen LogP contribution in [0.25, 0.3) is 0 Å². The molecule has 1 atom stereocenters. The van der Waals surface area contributed by atoms with Crippen LogP contribution in [0, 0.1) is 5.82 Å². The van der Waals surface area contributed by atoms with Crippen molar-refractivity contribution in [2.45, 2.75) is 25.3 Å². The summed E-state index contributed by atoms with van der Waals surface area (Å²) >= 11 is 0. The minimum Gasteiger partial charge on any atom is -0.490 e. The zero-order valence-electron chi connectivity index (χ0n) is 12.9. The Bertz CT molecular complexity index is 645. The second-order valence-corrected chi connectivity index (χ2v) is 5.65. The predicted octanol–water partition coefficient (Wildman–Crippen LogP) is 2.65. The number of ether oxygens (including phenoxy) is 1. The average Bonchev–Trinajstić information content (AvgIpc) is 3.11. The van der Waals surface area contributed by atoms with Gasteiger partial charge >= 0.3 is 0 Å². The van der Waals surface area contributed by atoms with Gasteiger partial charge in [0.2, 0.25) is 5.91 Å². The van der Waals surface area contributed by atoms with E-state index in [2.05, 4.69) is 5.10 Å². The monoisotopic (exact) mass is 317 g/mol. The molecule has 1 fully saturated rings. The maximum absolute atomic E-state index is 13.4.